The SMILES string of the molecule is Cc1ccc(NC(N)=NCc2ccc(N3CCOCC3)cc2C(F)(F)F)cc1C.I. The number of morpholine rings is 1. The fourth-order valence-corrected chi connectivity index (χ4v) is 3.16. The topological polar surface area (TPSA) is 62.9 Å². The van der Waals surface area contributed by atoms with Crippen LogP contribution in [0.25, 0.3) is 0 Å². The average molecular weight is 534 g/mol. The van der Waals surface area contributed by atoms with Gasteiger partial charge in [-0.1, -0.05) is 12.1 Å². The Bertz CT molecular complexity index is 896. The minimum Gasteiger partial charge on any atom is -0.378 e. The average Bonchev–Trinajstić information content (AvgIpc) is 2.69. The first kappa shape index (κ1) is 24.3. The van der Waals surface area contributed by atoms with Gasteiger partial charge in [-0.3, -0.25) is 0 Å². The van der Waals surface area contributed by atoms with Crippen molar-refractivity contribution < 1.29 is 17.9 Å². The van der Waals surface area contributed by atoms with E-state index in [1.54, 1.807) is 6.07 Å². The molecule has 1 heterocycles. The van der Waals surface area contributed by atoms with Crippen molar-refractivity contribution in [1.29, 1.82) is 0 Å². The lowest BCUT2D eigenvalue weighted by Gasteiger charge is -2.29. The minimum absolute atomic E-state index is 0. The molecule has 0 aliphatic carbocycles. The molecule has 2 aromatic carbocycles. The molecule has 164 valence electrons. The summed E-state index contributed by atoms with van der Waals surface area (Å²) in [6, 6.07) is 10.1. The Labute approximate surface area is 191 Å². The predicted octanol–water partition coefficient (Wildman–Crippen LogP) is 4.70. The van der Waals surface area contributed by atoms with Crippen molar-refractivity contribution in [2.24, 2.45) is 10.7 Å². The van der Waals surface area contributed by atoms with Gasteiger partial charge in [-0.25, -0.2) is 4.99 Å². The number of rotatable bonds is 4. The van der Waals surface area contributed by atoms with Crippen molar-refractivity contribution in [3.05, 3.63) is 58.7 Å². The van der Waals surface area contributed by atoms with Gasteiger partial charge in [0.05, 0.1) is 25.3 Å². The van der Waals surface area contributed by atoms with E-state index in [9.17, 15) is 13.2 Å². The number of anilines is 2. The van der Waals surface area contributed by atoms with E-state index < -0.39 is 11.7 Å². The fourth-order valence-electron chi connectivity index (χ4n) is 3.16. The maximum atomic E-state index is 13.6. The summed E-state index contributed by atoms with van der Waals surface area (Å²) < 4.78 is 46.1. The summed E-state index contributed by atoms with van der Waals surface area (Å²) in [6.07, 6.45) is -4.47. The molecule has 30 heavy (non-hydrogen) atoms. The standard InChI is InChI=1S/C21H25F3N4O.HI/c1-14-3-5-17(11-15(14)2)27-20(25)26-13-16-4-6-18(12-19(16)21(22,23)24)28-7-9-29-10-8-28;/h3-6,11-12H,7-10,13H2,1-2H3,(H3,25,26,27);1H. The van der Waals surface area contributed by atoms with Gasteiger partial charge < -0.3 is 20.7 Å². The van der Waals surface area contributed by atoms with E-state index in [1.807, 2.05) is 36.9 Å². The highest BCUT2D eigenvalue weighted by Crippen LogP contribution is 2.35. The number of benzene rings is 2. The Balaban J connectivity index is 0.00000320. The number of aliphatic imine (C=N–C) groups is 1. The number of nitrogens with one attached hydrogen (secondary N) is 1. The number of alkyl halides is 3. The maximum absolute atomic E-state index is 13.6. The highest BCUT2D eigenvalue weighted by molar-refractivity contribution is 14.0. The second-order valence-electron chi connectivity index (χ2n) is 7.06. The summed E-state index contributed by atoms with van der Waals surface area (Å²) in [7, 11) is 0. The zero-order chi connectivity index (χ0) is 21.0. The van der Waals surface area contributed by atoms with Crippen LogP contribution in [0.1, 0.15) is 22.3 Å². The molecule has 1 aliphatic heterocycles. The Morgan fingerprint density at radius 1 is 1.10 bits per heavy atom. The van der Waals surface area contributed by atoms with E-state index in [2.05, 4.69) is 10.3 Å². The molecule has 3 rings (SSSR count). The third-order valence-corrected chi connectivity index (χ3v) is 4.97. The van der Waals surface area contributed by atoms with E-state index in [-0.39, 0.29) is 42.0 Å². The summed E-state index contributed by atoms with van der Waals surface area (Å²) in [5.41, 5.74) is 8.78. The number of hydrogen-bond acceptors (Lipinski definition) is 3. The predicted molar refractivity (Wildman–Crippen MR) is 125 cm³/mol. The molecule has 0 radical (unpaired) electrons. The van der Waals surface area contributed by atoms with Crippen LogP contribution in [-0.2, 0) is 17.5 Å². The summed E-state index contributed by atoms with van der Waals surface area (Å²) in [5, 5.41) is 2.93. The molecule has 1 fully saturated rings. The van der Waals surface area contributed by atoms with Gasteiger partial charge in [0, 0.05) is 24.5 Å². The molecule has 3 N–H and O–H groups in total. The first-order valence-corrected chi connectivity index (χ1v) is 9.41. The van der Waals surface area contributed by atoms with Crippen molar-refractivity contribution in [3.8, 4) is 0 Å². The number of nitrogens with zero attached hydrogens (tertiary/aromatic N) is 2. The molecule has 1 aliphatic rings. The van der Waals surface area contributed by atoms with Gasteiger partial charge in [-0.15, -0.1) is 24.0 Å². The highest BCUT2D eigenvalue weighted by Gasteiger charge is 2.34. The van der Waals surface area contributed by atoms with Crippen LogP contribution in [0.3, 0.4) is 0 Å². The molecule has 2 aromatic rings. The maximum Gasteiger partial charge on any atom is 0.416 e. The number of aryl methyl sites for hydroxylation is 2. The lowest BCUT2D eigenvalue weighted by Crippen LogP contribution is -2.36. The van der Waals surface area contributed by atoms with Crippen LogP contribution in [0.2, 0.25) is 0 Å². The highest BCUT2D eigenvalue weighted by atomic mass is 127. The summed E-state index contributed by atoms with van der Waals surface area (Å²) in [6.45, 7) is 5.96. The third kappa shape index (κ3) is 6.24. The van der Waals surface area contributed by atoms with Gasteiger partial charge in [0.15, 0.2) is 5.96 Å². The van der Waals surface area contributed by atoms with Crippen LogP contribution in [0, 0.1) is 13.8 Å². The number of nitrogens with two attached hydrogens (primary N) is 1. The lowest BCUT2D eigenvalue weighted by atomic mass is 10.1. The van der Waals surface area contributed by atoms with Crippen molar-refractivity contribution in [2.75, 3.05) is 36.5 Å². The molecule has 0 saturated carbocycles. The molecule has 0 bridgehead atoms. The number of halogens is 4. The second-order valence-corrected chi connectivity index (χ2v) is 7.06. The van der Waals surface area contributed by atoms with Gasteiger partial charge >= 0.3 is 6.18 Å². The van der Waals surface area contributed by atoms with E-state index in [0.717, 1.165) is 16.8 Å². The Morgan fingerprint density at radius 2 is 1.80 bits per heavy atom. The van der Waals surface area contributed by atoms with Crippen LogP contribution >= 0.6 is 24.0 Å². The van der Waals surface area contributed by atoms with Crippen LogP contribution in [0.5, 0.6) is 0 Å². The number of hydrogen-bond donors (Lipinski definition) is 2. The first-order chi connectivity index (χ1) is 13.7. The normalized spacial score (nSPS) is 15.0. The first-order valence-electron chi connectivity index (χ1n) is 9.41. The fraction of sp³-hybridized carbons (Fsp3) is 0.381. The van der Waals surface area contributed by atoms with Crippen LogP contribution < -0.4 is 16.0 Å². The van der Waals surface area contributed by atoms with Gasteiger partial charge in [-0.05, 0) is 54.8 Å². The molecule has 5 nitrogen and oxygen atoms in total. The second kappa shape index (κ2) is 10.3. The Kier molecular flexibility index (Phi) is 8.36. The zero-order valence-corrected chi connectivity index (χ0v) is 19.3. The number of ether oxygens (including phenoxy) is 1. The zero-order valence-electron chi connectivity index (χ0n) is 16.9. The monoisotopic (exact) mass is 534 g/mol. The van der Waals surface area contributed by atoms with Gasteiger partial charge in [0.2, 0.25) is 0 Å². The van der Waals surface area contributed by atoms with Gasteiger partial charge in [0.25, 0.3) is 0 Å². The molecule has 0 amide bonds. The van der Waals surface area contributed by atoms with E-state index in [0.29, 0.717) is 32.0 Å². The Morgan fingerprint density at radius 3 is 2.43 bits per heavy atom. The smallest absolute Gasteiger partial charge is 0.378 e. The molecule has 9 heteroatoms. The Hall–Kier alpha value is -2.01. The largest absolute Gasteiger partial charge is 0.416 e. The van der Waals surface area contributed by atoms with E-state index in [4.69, 9.17) is 10.5 Å². The van der Waals surface area contributed by atoms with Crippen molar-refractivity contribution >= 4 is 41.3 Å². The van der Waals surface area contributed by atoms with Gasteiger partial charge in [0.1, 0.15) is 0 Å². The summed E-state index contributed by atoms with van der Waals surface area (Å²) in [4.78, 5) is 6.00. The summed E-state index contributed by atoms with van der Waals surface area (Å²) in [5.74, 6) is 0.0682. The van der Waals surface area contributed by atoms with Crippen LogP contribution in [-0.4, -0.2) is 32.3 Å². The van der Waals surface area contributed by atoms with Crippen molar-refractivity contribution in [2.45, 2.75) is 26.6 Å². The number of guanidine groups is 1. The molecule has 0 atom stereocenters. The third-order valence-electron chi connectivity index (χ3n) is 4.97. The summed E-state index contributed by atoms with van der Waals surface area (Å²) >= 11 is 0. The van der Waals surface area contributed by atoms with Gasteiger partial charge in [-0.2, -0.15) is 13.2 Å². The van der Waals surface area contributed by atoms with Crippen molar-refractivity contribution in [1.82, 2.24) is 0 Å². The quantitative estimate of drug-likeness (QED) is 0.339. The molecule has 0 spiro atoms. The lowest BCUT2D eigenvalue weighted by molar-refractivity contribution is -0.138. The molecule has 1 saturated heterocycles. The van der Waals surface area contributed by atoms with Crippen molar-refractivity contribution in [3.63, 3.8) is 0 Å². The minimum atomic E-state index is -4.47. The van der Waals surface area contributed by atoms with E-state index in [1.165, 1.54) is 12.1 Å². The van der Waals surface area contributed by atoms with Crippen LogP contribution in [0.15, 0.2) is 41.4 Å². The molecule has 0 aromatic heterocycles. The molecular weight excluding hydrogens is 508 g/mol. The van der Waals surface area contributed by atoms with Crippen LogP contribution in [0.4, 0.5) is 24.5 Å². The molecule has 0 unspecified atom stereocenters. The van der Waals surface area contributed by atoms with E-state index >= 15 is 0 Å². The molecular formula is C21H26F3IN4O.